The number of carbonyl (C=O) groups is 1. The summed E-state index contributed by atoms with van der Waals surface area (Å²) in [5.41, 5.74) is 2.34. The molecule has 3 heterocycles. The highest BCUT2D eigenvalue weighted by Crippen LogP contribution is 2.36. The molecule has 0 aromatic carbocycles. The summed E-state index contributed by atoms with van der Waals surface area (Å²) in [6, 6.07) is 2.16. The summed E-state index contributed by atoms with van der Waals surface area (Å²) in [6.07, 6.45) is 0.828. The Hall–Kier alpha value is -1.17. The summed E-state index contributed by atoms with van der Waals surface area (Å²) in [4.78, 5) is 17.6. The van der Waals surface area contributed by atoms with E-state index in [1.54, 1.807) is 0 Å². The Morgan fingerprint density at radius 2 is 2.47 bits per heavy atom. The van der Waals surface area contributed by atoms with Crippen LogP contribution >= 0.6 is 22.9 Å². The van der Waals surface area contributed by atoms with Gasteiger partial charge in [0.15, 0.2) is 6.29 Å². The van der Waals surface area contributed by atoms with Crippen molar-refractivity contribution in [3.8, 4) is 0 Å². The molecule has 0 N–H and O–H groups in total. The van der Waals surface area contributed by atoms with E-state index < -0.39 is 0 Å². The van der Waals surface area contributed by atoms with Crippen molar-refractivity contribution < 1.29 is 9.53 Å². The van der Waals surface area contributed by atoms with E-state index in [4.69, 9.17) is 16.3 Å². The molecule has 1 aliphatic rings. The van der Waals surface area contributed by atoms with Crippen LogP contribution in [-0.2, 0) is 4.74 Å². The number of halogens is 1. The van der Waals surface area contributed by atoms with E-state index in [9.17, 15) is 4.79 Å². The first kappa shape index (κ1) is 12.8. The third-order valence-corrected chi connectivity index (χ3v) is 4.51. The Morgan fingerprint density at radius 3 is 3.21 bits per heavy atom. The first-order valence-corrected chi connectivity index (χ1v) is 7.34. The zero-order valence-corrected chi connectivity index (χ0v) is 12.0. The van der Waals surface area contributed by atoms with Gasteiger partial charge in [0.1, 0.15) is 5.15 Å². The quantitative estimate of drug-likeness (QED) is 0.631. The molecule has 1 aliphatic heterocycles. The second-order valence-electron chi connectivity index (χ2n) is 4.57. The highest BCUT2D eigenvalue weighted by molar-refractivity contribution is 7.18. The van der Waals surface area contributed by atoms with Gasteiger partial charge in [-0.1, -0.05) is 11.6 Å². The number of aldehydes is 1. The first-order valence-electron chi connectivity index (χ1n) is 6.08. The molecule has 1 saturated heterocycles. The van der Waals surface area contributed by atoms with Crippen LogP contribution in [-0.4, -0.2) is 37.1 Å². The Bertz CT molecular complexity index is 628. The van der Waals surface area contributed by atoms with E-state index >= 15 is 0 Å². The minimum atomic E-state index is 0.289. The summed E-state index contributed by atoms with van der Waals surface area (Å²) in [6.45, 7) is 4.35. The number of aromatic nitrogens is 1. The first-order chi connectivity index (χ1) is 9.20. The van der Waals surface area contributed by atoms with Crippen LogP contribution in [0.3, 0.4) is 0 Å². The van der Waals surface area contributed by atoms with Crippen molar-refractivity contribution in [1.82, 2.24) is 4.98 Å². The highest BCUT2D eigenvalue weighted by atomic mass is 35.5. The molecule has 3 rings (SSSR count). The lowest BCUT2D eigenvalue weighted by molar-refractivity contribution is 0.0991. The molecule has 0 radical (unpaired) electrons. The molecule has 1 atom stereocenters. The van der Waals surface area contributed by atoms with Gasteiger partial charge in [-0.15, -0.1) is 11.3 Å². The molecule has 6 heteroatoms. The van der Waals surface area contributed by atoms with Gasteiger partial charge in [-0.2, -0.15) is 0 Å². The van der Waals surface area contributed by atoms with Crippen molar-refractivity contribution in [3.05, 3.63) is 22.2 Å². The molecule has 2 aromatic heterocycles. The van der Waals surface area contributed by atoms with E-state index in [-0.39, 0.29) is 6.04 Å². The molecule has 1 fully saturated rings. The standard InChI is InChI=1S/C13H13ClN2O2S/c1-8-6-18-3-2-16(8)10-4-11(14)15-12-9(5-17)7-19-13(10)12/h4-5,7-8H,2-3,6H2,1H3/t8-/m1/s1. The normalized spacial score (nSPS) is 19.9. The Labute approximate surface area is 119 Å². The summed E-state index contributed by atoms with van der Waals surface area (Å²) >= 11 is 7.63. The zero-order valence-electron chi connectivity index (χ0n) is 10.4. The van der Waals surface area contributed by atoms with E-state index in [0.717, 1.165) is 23.2 Å². The fourth-order valence-corrected chi connectivity index (χ4v) is 3.53. The van der Waals surface area contributed by atoms with Gasteiger partial charge >= 0.3 is 0 Å². The predicted molar refractivity (Wildman–Crippen MR) is 77.6 cm³/mol. The fourth-order valence-electron chi connectivity index (χ4n) is 2.36. The van der Waals surface area contributed by atoms with Crippen molar-refractivity contribution in [2.45, 2.75) is 13.0 Å². The smallest absolute Gasteiger partial charge is 0.153 e. The summed E-state index contributed by atoms with van der Waals surface area (Å²) < 4.78 is 6.47. The van der Waals surface area contributed by atoms with Crippen molar-refractivity contribution in [3.63, 3.8) is 0 Å². The average molecular weight is 297 g/mol. The lowest BCUT2D eigenvalue weighted by Crippen LogP contribution is -2.43. The van der Waals surface area contributed by atoms with Crippen LogP contribution in [0, 0.1) is 0 Å². The molecule has 0 spiro atoms. The van der Waals surface area contributed by atoms with Gasteiger partial charge in [0.2, 0.25) is 0 Å². The molecule has 0 unspecified atom stereocenters. The maximum absolute atomic E-state index is 11.0. The van der Waals surface area contributed by atoms with Crippen LogP contribution in [0.5, 0.6) is 0 Å². The van der Waals surface area contributed by atoms with Gasteiger partial charge in [0, 0.05) is 24.0 Å². The molecule has 0 aliphatic carbocycles. The number of pyridine rings is 1. The van der Waals surface area contributed by atoms with Crippen LogP contribution in [0.15, 0.2) is 11.4 Å². The second kappa shape index (κ2) is 5.07. The summed E-state index contributed by atoms with van der Waals surface area (Å²) in [5.74, 6) is 0. The Morgan fingerprint density at radius 1 is 1.63 bits per heavy atom. The number of thiophene rings is 1. The SMILES string of the molecule is C[C@@H]1COCCN1c1cc(Cl)nc2c(C=O)csc12. The largest absolute Gasteiger partial charge is 0.377 e. The number of fused-ring (bicyclic) bond motifs is 1. The summed E-state index contributed by atoms with van der Waals surface area (Å²) in [5, 5.41) is 2.25. The van der Waals surface area contributed by atoms with Gasteiger partial charge < -0.3 is 9.64 Å². The molecule has 19 heavy (non-hydrogen) atoms. The average Bonchev–Trinajstić information content (AvgIpc) is 2.81. The third-order valence-electron chi connectivity index (χ3n) is 3.30. The molecular weight excluding hydrogens is 284 g/mol. The van der Waals surface area contributed by atoms with Crippen LogP contribution in [0.2, 0.25) is 5.15 Å². The topological polar surface area (TPSA) is 42.4 Å². The van der Waals surface area contributed by atoms with Gasteiger partial charge in [-0.05, 0) is 6.92 Å². The minimum Gasteiger partial charge on any atom is -0.377 e. The van der Waals surface area contributed by atoms with E-state index in [1.807, 2.05) is 11.4 Å². The van der Waals surface area contributed by atoms with Crippen LogP contribution in [0.4, 0.5) is 5.69 Å². The molecule has 0 amide bonds. The van der Waals surface area contributed by atoms with Crippen molar-refractivity contribution >= 4 is 45.1 Å². The van der Waals surface area contributed by atoms with Gasteiger partial charge in [0.25, 0.3) is 0 Å². The van der Waals surface area contributed by atoms with Crippen LogP contribution in [0.1, 0.15) is 17.3 Å². The van der Waals surface area contributed by atoms with Crippen molar-refractivity contribution in [2.24, 2.45) is 0 Å². The van der Waals surface area contributed by atoms with Crippen molar-refractivity contribution in [2.75, 3.05) is 24.7 Å². The lowest BCUT2D eigenvalue weighted by atomic mass is 10.2. The molecule has 0 saturated carbocycles. The number of rotatable bonds is 2. The Kier molecular flexibility index (Phi) is 3.43. The van der Waals surface area contributed by atoms with Crippen molar-refractivity contribution in [1.29, 1.82) is 0 Å². The molecule has 100 valence electrons. The van der Waals surface area contributed by atoms with E-state index in [2.05, 4.69) is 16.8 Å². The number of hydrogen-bond acceptors (Lipinski definition) is 5. The number of nitrogens with zero attached hydrogens (tertiary/aromatic N) is 2. The van der Waals surface area contributed by atoms with E-state index in [1.165, 1.54) is 11.3 Å². The number of morpholine rings is 1. The maximum atomic E-state index is 11.0. The Balaban J connectivity index is 2.16. The number of ether oxygens (including phenoxy) is 1. The van der Waals surface area contributed by atoms with Crippen LogP contribution in [0.25, 0.3) is 10.2 Å². The fraction of sp³-hybridized carbons (Fsp3) is 0.385. The molecular formula is C13H13ClN2O2S. The zero-order chi connectivity index (χ0) is 13.4. The van der Waals surface area contributed by atoms with E-state index in [0.29, 0.717) is 29.4 Å². The lowest BCUT2D eigenvalue weighted by Gasteiger charge is -2.35. The van der Waals surface area contributed by atoms with Gasteiger partial charge in [-0.3, -0.25) is 4.79 Å². The molecule has 4 nitrogen and oxygen atoms in total. The highest BCUT2D eigenvalue weighted by Gasteiger charge is 2.23. The van der Waals surface area contributed by atoms with Gasteiger partial charge in [-0.25, -0.2) is 4.98 Å². The van der Waals surface area contributed by atoms with Gasteiger partial charge in [0.05, 0.1) is 34.7 Å². The molecule has 0 bridgehead atoms. The minimum absolute atomic E-state index is 0.289. The monoisotopic (exact) mass is 296 g/mol. The predicted octanol–water partition coefficient (Wildman–Crippen LogP) is 2.99. The molecule has 2 aromatic rings. The number of anilines is 1. The third kappa shape index (κ3) is 2.22. The summed E-state index contributed by atoms with van der Waals surface area (Å²) in [7, 11) is 0. The number of hydrogen-bond donors (Lipinski definition) is 0. The second-order valence-corrected chi connectivity index (χ2v) is 5.83. The maximum Gasteiger partial charge on any atom is 0.153 e. The number of carbonyl (C=O) groups excluding carboxylic acids is 1. The van der Waals surface area contributed by atoms with Crippen LogP contribution < -0.4 is 4.90 Å².